The molecule has 0 aliphatic heterocycles. The van der Waals surface area contributed by atoms with Crippen LogP contribution in [0.3, 0.4) is 0 Å². The van der Waals surface area contributed by atoms with Gasteiger partial charge in [0.25, 0.3) is 5.91 Å². The fourth-order valence-electron chi connectivity index (χ4n) is 2.20. The molecule has 0 spiro atoms. The van der Waals surface area contributed by atoms with Gasteiger partial charge in [0.1, 0.15) is 5.75 Å². The van der Waals surface area contributed by atoms with Crippen LogP contribution in [0.2, 0.25) is 0 Å². The van der Waals surface area contributed by atoms with Crippen LogP contribution in [0, 0.1) is 0 Å². The smallest absolute Gasteiger partial charge is 0.416 e. The summed E-state index contributed by atoms with van der Waals surface area (Å²) in [5.74, 6) is -2.72. The number of hydrogen-bond acceptors (Lipinski definition) is 4. The second-order valence-corrected chi connectivity index (χ2v) is 5.47. The average Bonchev–Trinajstić information content (AvgIpc) is 2.59. The molecule has 0 saturated carbocycles. The van der Waals surface area contributed by atoms with Crippen molar-refractivity contribution in [2.24, 2.45) is 0 Å². The Hall–Kier alpha value is -3.24. The highest BCUT2D eigenvalue weighted by Crippen LogP contribution is 2.36. The third kappa shape index (κ3) is 4.72. The van der Waals surface area contributed by atoms with E-state index in [2.05, 4.69) is 4.74 Å². The van der Waals surface area contributed by atoms with E-state index >= 15 is 0 Å². The van der Waals surface area contributed by atoms with Gasteiger partial charge in [0.2, 0.25) is 0 Å². The van der Waals surface area contributed by atoms with Crippen LogP contribution in [-0.2, 0) is 17.1 Å². The van der Waals surface area contributed by atoms with Gasteiger partial charge in [0, 0.05) is 11.6 Å². The van der Waals surface area contributed by atoms with Crippen molar-refractivity contribution in [2.45, 2.75) is 12.4 Å². The molecule has 150 valence electrons. The monoisotopic (exact) mass is 407 g/mol. The van der Waals surface area contributed by atoms with E-state index in [-0.39, 0.29) is 29.4 Å². The Labute approximate surface area is 153 Å². The van der Waals surface area contributed by atoms with Crippen LogP contribution in [0.4, 0.5) is 32.0 Å². The fourth-order valence-corrected chi connectivity index (χ4v) is 2.20. The van der Waals surface area contributed by atoms with Crippen LogP contribution >= 0.6 is 0 Å². The van der Waals surface area contributed by atoms with Crippen LogP contribution in [0.25, 0.3) is 0 Å². The second kappa shape index (κ2) is 7.41. The summed E-state index contributed by atoms with van der Waals surface area (Å²) in [5.41, 5.74) is -4.91. The highest BCUT2D eigenvalue weighted by molar-refractivity contribution is 6.08. The highest BCUT2D eigenvalue weighted by Gasteiger charge is 2.37. The summed E-state index contributed by atoms with van der Waals surface area (Å²) >= 11 is 0. The summed E-state index contributed by atoms with van der Waals surface area (Å²) in [7, 11) is 1.02. The number of amides is 1. The molecular weight excluding hydrogens is 396 g/mol. The lowest BCUT2D eigenvalue weighted by atomic mass is 10.0. The molecule has 28 heavy (non-hydrogen) atoms. The summed E-state index contributed by atoms with van der Waals surface area (Å²) in [6.45, 7) is 0. The summed E-state index contributed by atoms with van der Waals surface area (Å²) in [4.78, 5) is 23.9. The molecule has 0 radical (unpaired) electrons. The van der Waals surface area contributed by atoms with E-state index in [1.165, 1.54) is 0 Å². The maximum atomic E-state index is 12.9. The molecule has 0 heterocycles. The van der Waals surface area contributed by atoms with Crippen LogP contribution in [0.15, 0.2) is 36.4 Å². The Bertz CT molecular complexity index is 889. The lowest BCUT2D eigenvalue weighted by Gasteiger charge is -2.15. The molecule has 2 aromatic carbocycles. The van der Waals surface area contributed by atoms with Crippen molar-refractivity contribution >= 4 is 17.6 Å². The van der Waals surface area contributed by atoms with Crippen LogP contribution < -0.4 is 5.32 Å². The zero-order valence-electron chi connectivity index (χ0n) is 13.9. The van der Waals surface area contributed by atoms with Gasteiger partial charge in [-0.15, -0.1) is 0 Å². The lowest BCUT2D eigenvalue weighted by Crippen LogP contribution is -2.18. The Balaban J connectivity index is 2.51. The van der Waals surface area contributed by atoms with Crippen molar-refractivity contribution < 1.29 is 45.8 Å². The molecule has 0 saturated heterocycles. The van der Waals surface area contributed by atoms with E-state index in [0.717, 1.165) is 25.3 Å². The minimum atomic E-state index is -5.13. The number of hydrogen-bond donors (Lipinski definition) is 2. The summed E-state index contributed by atoms with van der Waals surface area (Å²) in [5, 5.41) is 11.5. The molecule has 0 bridgehead atoms. The first-order valence-electron chi connectivity index (χ1n) is 7.35. The normalized spacial score (nSPS) is 11.8. The number of rotatable bonds is 3. The number of benzene rings is 2. The topological polar surface area (TPSA) is 75.6 Å². The summed E-state index contributed by atoms with van der Waals surface area (Å²) in [6.07, 6.45) is -10.3. The van der Waals surface area contributed by atoms with Crippen molar-refractivity contribution in [1.82, 2.24) is 0 Å². The number of aromatic hydroxyl groups is 1. The molecular formula is C17H11F6NO4. The number of alkyl halides is 6. The Morgan fingerprint density at radius 1 is 0.929 bits per heavy atom. The molecule has 0 aliphatic rings. The maximum absolute atomic E-state index is 12.9. The first-order valence-corrected chi connectivity index (χ1v) is 7.35. The minimum Gasteiger partial charge on any atom is -0.508 e. The van der Waals surface area contributed by atoms with Gasteiger partial charge in [0.05, 0.1) is 29.5 Å². The summed E-state index contributed by atoms with van der Waals surface area (Å²) < 4.78 is 81.9. The Morgan fingerprint density at radius 3 is 1.93 bits per heavy atom. The largest absolute Gasteiger partial charge is 0.508 e. The highest BCUT2D eigenvalue weighted by atomic mass is 19.4. The molecule has 0 aliphatic carbocycles. The van der Waals surface area contributed by atoms with Crippen molar-refractivity contribution in [2.75, 3.05) is 12.4 Å². The van der Waals surface area contributed by atoms with Gasteiger partial charge in [-0.2, -0.15) is 26.3 Å². The number of methoxy groups -OCH3 is 1. The van der Waals surface area contributed by atoms with Gasteiger partial charge in [0.15, 0.2) is 0 Å². The third-order valence-electron chi connectivity index (χ3n) is 3.51. The zero-order valence-corrected chi connectivity index (χ0v) is 13.9. The predicted molar refractivity (Wildman–Crippen MR) is 83.8 cm³/mol. The number of anilines is 1. The first-order chi connectivity index (χ1) is 12.8. The number of nitrogens with one attached hydrogen (secondary N) is 1. The number of esters is 1. The van der Waals surface area contributed by atoms with Crippen LogP contribution in [0.1, 0.15) is 31.8 Å². The minimum absolute atomic E-state index is 0.120. The predicted octanol–water partition coefficient (Wildman–Crippen LogP) is 4.47. The molecule has 0 fully saturated rings. The van der Waals surface area contributed by atoms with E-state index in [1.54, 1.807) is 0 Å². The summed E-state index contributed by atoms with van der Waals surface area (Å²) in [6, 6.07) is 3.39. The van der Waals surface area contributed by atoms with E-state index < -0.39 is 46.7 Å². The van der Waals surface area contributed by atoms with E-state index in [1.807, 2.05) is 5.32 Å². The molecule has 1 amide bonds. The number of ether oxygens (including phenoxy) is 1. The van der Waals surface area contributed by atoms with Gasteiger partial charge in [-0.05, 0) is 30.3 Å². The van der Waals surface area contributed by atoms with Crippen molar-refractivity contribution in [3.8, 4) is 5.75 Å². The second-order valence-electron chi connectivity index (χ2n) is 5.47. The number of carbonyl (C=O) groups excluding carboxylic acids is 2. The zero-order chi connectivity index (χ0) is 21.3. The van der Waals surface area contributed by atoms with Gasteiger partial charge in [-0.25, -0.2) is 4.79 Å². The standard InChI is InChI=1S/C17H11F6NO4/c1-28-15(27)12-3-2-11(25)7-13(12)24-14(26)8-4-9(16(18,19)20)6-10(5-8)17(21,22)23/h2-7,25H,1H3,(H,24,26). The fraction of sp³-hybridized carbons (Fsp3) is 0.176. The molecule has 11 heteroatoms. The molecule has 2 N–H and O–H groups in total. The van der Waals surface area contributed by atoms with Gasteiger partial charge < -0.3 is 15.2 Å². The SMILES string of the molecule is COC(=O)c1ccc(O)cc1NC(=O)c1cc(C(F)(F)F)cc(C(F)(F)F)c1. The van der Waals surface area contributed by atoms with Gasteiger partial charge >= 0.3 is 18.3 Å². The van der Waals surface area contributed by atoms with E-state index in [0.29, 0.717) is 0 Å². The number of phenols is 1. The van der Waals surface area contributed by atoms with Crippen LogP contribution in [-0.4, -0.2) is 24.1 Å². The van der Waals surface area contributed by atoms with Crippen molar-refractivity contribution in [3.05, 3.63) is 58.7 Å². The first kappa shape index (κ1) is 21.1. The number of phenolic OH excluding ortho intramolecular Hbond substituents is 1. The Morgan fingerprint density at radius 2 is 1.46 bits per heavy atom. The van der Waals surface area contributed by atoms with Gasteiger partial charge in [-0.3, -0.25) is 4.79 Å². The molecule has 2 aromatic rings. The number of carbonyl (C=O) groups is 2. The molecule has 2 rings (SSSR count). The third-order valence-corrected chi connectivity index (χ3v) is 3.51. The quantitative estimate of drug-likeness (QED) is 0.582. The lowest BCUT2D eigenvalue weighted by molar-refractivity contribution is -0.143. The van der Waals surface area contributed by atoms with E-state index in [4.69, 9.17) is 0 Å². The molecule has 0 atom stereocenters. The number of halogens is 6. The molecule has 0 unspecified atom stereocenters. The maximum Gasteiger partial charge on any atom is 0.416 e. The van der Waals surface area contributed by atoms with E-state index in [9.17, 15) is 41.0 Å². The molecule has 5 nitrogen and oxygen atoms in total. The molecule has 0 aromatic heterocycles. The Kier molecular flexibility index (Phi) is 5.57. The average molecular weight is 407 g/mol. The van der Waals surface area contributed by atoms with Crippen molar-refractivity contribution in [1.29, 1.82) is 0 Å². The van der Waals surface area contributed by atoms with Crippen LogP contribution in [0.5, 0.6) is 5.75 Å². The van der Waals surface area contributed by atoms with Crippen molar-refractivity contribution in [3.63, 3.8) is 0 Å². The van der Waals surface area contributed by atoms with Gasteiger partial charge in [-0.1, -0.05) is 0 Å².